The number of hydrogen-bond donors (Lipinski definition) is 3. The molecular formula is C16H21N3O. The van der Waals surface area contributed by atoms with Gasteiger partial charge in [0.1, 0.15) is 0 Å². The molecule has 106 valence electrons. The highest BCUT2D eigenvalue weighted by atomic mass is 16.1. The normalized spacial score (nSPS) is 18.5. The molecule has 1 aliphatic rings. The predicted molar refractivity (Wildman–Crippen MR) is 80.6 cm³/mol. The molecule has 3 N–H and O–H groups in total. The van der Waals surface area contributed by atoms with Crippen LogP contribution < -0.4 is 10.6 Å². The summed E-state index contributed by atoms with van der Waals surface area (Å²) in [5, 5.41) is 7.58. The Kier molecular flexibility index (Phi) is 4.02. The molecule has 1 unspecified atom stereocenters. The largest absolute Gasteiger partial charge is 0.361 e. The Morgan fingerprint density at radius 3 is 3.10 bits per heavy atom. The second-order valence-electron chi connectivity index (χ2n) is 5.52. The number of H-pyrrole nitrogens is 1. The Balaban J connectivity index is 1.49. The fourth-order valence-electron chi connectivity index (χ4n) is 2.82. The van der Waals surface area contributed by atoms with E-state index in [0.717, 1.165) is 31.6 Å². The zero-order chi connectivity index (χ0) is 13.8. The van der Waals surface area contributed by atoms with E-state index in [1.54, 1.807) is 0 Å². The summed E-state index contributed by atoms with van der Waals surface area (Å²) >= 11 is 0. The van der Waals surface area contributed by atoms with Crippen LogP contribution in [0.4, 0.5) is 0 Å². The van der Waals surface area contributed by atoms with E-state index >= 15 is 0 Å². The SMILES string of the molecule is O=C(CCc1c[nH]c2ccccc12)NCC1CCNC1. The molecule has 1 amide bonds. The Labute approximate surface area is 118 Å². The van der Waals surface area contributed by atoms with Gasteiger partial charge in [0, 0.05) is 30.1 Å². The molecule has 0 radical (unpaired) electrons. The molecule has 2 aromatic rings. The third kappa shape index (κ3) is 3.02. The molecule has 1 aliphatic heterocycles. The lowest BCUT2D eigenvalue weighted by molar-refractivity contribution is -0.121. The predicted octanol–water partition coefficient (Wildman–Crippen LogP) is 1.83. The van der Waals surface area contributed by atoms with Gasteiger partial charge >= 0.3 is 0 Å². The van der Waals surface area contributed by atoms with Crippen molar-refractivity contribution in [3.8, 4) is 0 Å². The van der Waals surface area contributed by atoms with Crippen LogP contribution in [-0.4, -0.2) is 30.5 Å². The van der Waals surface area contributed by atoms with Crippen LogP contribution >= 0.6 is 0 Å². The third-order valence-corrected chi connectivity index (χ3v) is 4.05. The molecule has 0 spiro atoms. The van der Waals surface area contributed by atoms with Crippen molar-refractivity contribution in [2.75, 3.05) is 19.6 Å². The van der Waals surface area contributed by atoms with Crippen molar-refractivity contribution in [2.45, 2.75) is 19.3 Å². The van der Waals surface area contributed by atoms with Crippen molar-refractivity contribution in [2.24, 2.45) is 5.92 Å². The fraction of sp³-hybridized carbons (Fsp3) is 0.438. The molecule has 20 heavy (non-hydrogen) atoms. The number of aromatic nitrogens is 1. The number of hydrogen-bond acceptors (Lipinski definition) is 2. The van der Waals surface area contributed by atoms with Gasteiger partial charge in [0.05, 0.1) is 0 Å². The van der Waals surface area contributed by atoms with Crippen LogP contribution in [0, 0.1) is 5.92 Å². The number of benzene rings is 1. The van der Waals surface area contributed by atoms with E-state index in [1.807, 2.05) is 18.3 Å². The minimum Gasteiger partial charge on any atom is -0.361 e. The summed E-state index contributed by atoms with van der Waals surface area (Å²) in [4.78, 5) is 15.1. The number of amides is 1. The minimum absolute atomic E-state index is 0.155. The number of aryl methyl sites for hydroxylation is 1. The Morgan fingerprint density at radius 2 is 2.25 bits per heavy atom. The van der Waals surface area contributed by atoms with E-state index in [1.165, 1.54) is 17.4 Å². The van der Waals surface area contributed by atoms with Gasteiger partial charge in [-0.3, -0.25) is 4.79 Å². The molecular weight excluding hydrogens is 250 g/mol. The first kappa shape index (κ1) is 13.2. The van der Waals surface area contributed by atoms with Gasteiger partial charge in [-0.1, -0.05) is 18.2 Å². The summed E-state index contributed by atoms with van der Waals surface area (Å²) in [6, 6.07) is 8.22. The van der Waals surface area contributed by atoms with Crippen LogP contribution in [0.5, 0.6) is 0 Å². The van der Waals surface area contributed by atoms with Crippen LogP contribution in [0.2, 0.25) is 0 Å². The van der Waals surface area contributed by atoms with Crippen LogP contribution in [0.25, 0.3) is 10.9 Å². The van der Waals surface area contributed by atoms with E-state index in [2.05, 4.69) is 27.8 Å². The maximum Gasteiger partial charge on any atom is 0.220 e. The van der Waals surface area contributed by atoms with Gasteiger partial charge in [-0.05, 0) is 43.5 Å². The average molecular weight is 271 g/mol. The smallest absolute Gasteiger partial charge is 0.220 e. The van der Waals surface area contributed by atoms with Crippen molar-refractivity contribution in [1.82, 2.24) is 15.6 Å². The summed E-state index contributed by atoms with van der Waals surface area (Å²) < 4.78 is 0. The van der Waals surface area contributed by atoms with Crippen LogP contribution in [0.3, 0.4) is 0 Å². The van der Waals surface area contributed by atoms with E-state index in [0.29, 0.717) is 12.3 Å². The summed E-state index contributed by atoms with van der Waals surface area (Å²) in [6.45, 7) is 2.92. The molecule has 1 aromatic heterocycles. The Hall–Kier alpha value is -1.81. The van der Waals surface area contributed by atoms with Gasteiger partial charge < -0.3 is 15.6 Å². The van der Waals surface area contributed by atoms with Crippen molar-refractivity contribution in [3.63, 3.8) is 0 Å². The van der Waals surface area contributed by atoms with E-state index in [4.69, 9.17) is 0 Å². The highest BCUT2D eigenvalue weighted by molar-refractivity contribution is 5.84. The van der Waals surface area contributed by atoms with Gasteiger partial charge in [0.15, 0.2) is 0 Å². The second kappa shape index (κ2) is 6.09. The van der Waals surface area contributed by atoms with Crippen LogP contribution in [-0.2, 0) is 11.2 Å². The van der Waals surface area contributed by atoms with E-state index in [9.17, 15) is 4.79 Å². The number of nitrogens with one attached hydrogen (secondary N) is 3. The minimum atomic E-state index is 0.155. The molecule has 1 aromatic carbocycles. The molecule has 1 atom stereocenters. The quantitative estimate of drug-likeness (QED) is 0.777. The Morgan fingerprint density at radius 1 is 1.35 bits per heavy atom. The first-order valence-electron chi connectivity index (χ1n) is 7.35. The van der Waals surface area contributed by atoms with Gasteiger partial charge in [0.25, 0.3) is 0 Å². The molecule has 2 heterocycles. The van der Waals surface area contributed by atoms with Crippen molar-refractivity contribution < 1.29 is 4.79 Å². The molecule has 3 rings (SSSR count). The summed E-state index contributed by atoms with van der Waals surface area (Å²) in [5.41, 5.74) is 2.36. The maximum absolute atomic E-state index is 11.9. The molecule has 1 saturated heterocycles. The maximum atomic E-state index is 11.9. The van der Waals surface area contributed by atoms with E-state index in [-0.39, 0.29) is 5.91 Å². The molecule has 0 aliphatic carbocycles. The first-order valence-corrected chi connectivity index (χ1v) is 7.35. The van der Waals surface area contributed by atoms with Gasteiger partial charge in [-0.25, -0.2) is 0 Å². The molecule has 1 fully saturated rings. The number of fused-ring (bicyclic) bond motifs is 1. The number of para-hydroxylation sites is 1. The van der Waals surface area contributed by atoms with Crippen molar-refractivity contribution in [1.29, 1.82) is 0 Å². The fourth-order valence-corrected chi connectivity index (χ4v) is 2.82. The number of aromatic amines is 1. The van der Waals surface area contributed by atoms with Gasteiger partial charge in [0.2, 0.25) is 5.91 Å². The summed E-state index contributed by atoms with van der Waals surface area (Å²) in [7, 11) is 0. The lowest BCUT2D eigenvalue weighted by Crippen LogP contribution is -2.30. The summed E-state index contributed by atoms with van der Waals surface area (Å²) in [5.74, 6) is 0.759. The monoisotopic (exact) mass is 271 g/mol. The zero-order valence-corrected chi connectivity index (χ0v) is 11.6. The third-order valence-electron chi connectivity index (χ3n) is 4.05. The average Bonchev–Trinajstić information content (AvgIpc) is 3.12. The highest BCUT2D eigenvalue weighted by Crippen LogP contribution is 2.18. The highest BCUT2D eigenvalue weighted by Gasteiger charge is 2.15. The topological polar surface area (TPSA) is 56.9 Å². The second-order valence-corrected chi connectivity index (χ2v) is 5.52. The first-order chi connectivity index (χ1) is 9.83. The molecule has 0 bridgehead atoms. The van der Waals surface area contributed by atoms with Crippen molar-refractivity contribution >= 4 is 16.8 Å². The van der Waals surface area contributed by atoms with Crippen LogP contribution in [0.15, 0.2) is 30.5 Å². The van der Waals surface area contributed by atoms with Crippen molar-refractivity contribution in [3.05, 3.63) is 36.0 Å². The standard InChI is InChI=1S/C16H21N3O/c20-16(19-10-12-7-8-17-9-12)6-5-13-11-18-15-4-2-1-3-14(13)15/h1-4,11-12,17-18H,5-10H2,(H,19,20). The lowest BCUT2D eigenvalue weighted by Gasteiger charge is -2.09. The molecule has 0 saturated carbocycles. The number of carbonyl (C=O) groups excluding carboxylic acids is 1. The molecule has 4 nitrogen and oxygen atoms in total. The Bertz CT molecular complexity index is 584. The number of rotatable bonds is 5. The van der Waals surface area contributed by atoms with Gasteiger partial charge in [-0.15, -0.1) is 0 Å². The van der Waals surface area contributed by atoms with E-state index < -0.39 is 0 Å². The van der Waals surface area contributed by atoms with Gasteiger partial charge in [-0.2, -0.15) is 0 Å². The zero-order valence-electron chi connectivity index (χ0n) is 11.6. The molecule has 4 heteroatoms. The lowest BCUT2D eigenvalue weighted by atomic mass is 10.1. The number of carbonyl (C=O) groups is 1. The van der Waals surface area contributed by atoms with Crippen LogP contribution in [0.1, 0.15) is 18.4 Å². The summed E-state index contributed by atoms with van der Waals surface area (Å²) in [6.07, 6.45) is 4.53.